The zero-order chi connectivity index (χ0) is 24.5. The van der Waals surface area contributed by atoms with Crippen LogP contribution in [0.1, 0.15) is 32.8 Å². The Morgan fingerprint density at radius 3 is 2.49 bits per heavy atom. The Balaban J connectivity index is 1.47. The highest BCUT2D eigenvalue weighted by molar-refractivity contribution is 6.00. The average Bonchev–Trinajstić information content (AvgIpc) is 3.44. The van der Waals surface area contributed by atoms with Crippen molar-refractivity contribution in [2.45, 2.75) is 27.3 Å². The lowest BCUT2D eigenvalue weighted by Gasteiger charge is -2.06. The normalized spacial score (nSPS) is 11.1. The molecule has 0 saturated carbocycles. The number of aromatic nitrogens is 2. The van der Waals surface area contributed by atoms with E-state index in [1.54, 1.807) is 7.11 Å². The lowest BCUT2D eigenvalue weighted by atomic mass is 10.0. The number of hydrogen-bond donors (Lipinski definition) is 1. The first kappa shape index (κ1) is 22.5. The fourth-order valence-corrected chi connectivity index (χ4v) is 4.51. The summed E-state index contributed by atoms with van der Waals surface area (Å²) in [6.45, 7) is 6.30. The highest BCUT2D eigenvalue weighted by Gasteiger charge is 2.20. The second kappa shape index (κ2) is 9.14. The molecule has 35 heavy (non-hydrogen) atoms. The van der Waals surface area contributed by atoms with Gasteiger partial charge in [0.1, 0.15) is 11.3 Å². The number of ether oxygens (including phenoxy) is 1. The summed E-state index contributed by atoms with van der Waals surface area (Å²) in [7, 11) is 1.64. The van der Waals surface area contributed by atoms with E-state index in [-0.39, 0.29) is 5.91 Å². The Morgan fingerprint density at radius 1 is 1.03 bits per heavy atom. The summed E-state index contributed by atoms with van der Waals surface area (Å²) in [5, 5.41) is 8.87. The van der Waals surface area contributed by atoms with Gasteiger partial charge in [-0.2, -0.15) is 5.10 Å². The number of benzene rings is 3. The Kier molecular flexibility index (Phi) is 5.87. The van der Waals surface area contributed by atoms with Gasteiger partial charge in [0, 0.05) is 34.8 Å². The van der Waals surface area contributed by atoms with Crippen molar-refractivity contribution < 1.29 is 13.9 Å². The summed E-state index contributed by atoms with van der Waals surface area (Å²) < 4.78 is 13.1. The van der Waals surface area contributed by atoms with Crippen LogP contribution in [0.25, 0.3) is 27.9 Å². The van der Waals surface area contributed by atoms with Crippen LogP contribution in [0.3, 0.4) is 0 Å². The van der Waals surface area contributed by atoms with Crippen LogP contribution >= 0.6 is 0 Å². The lowest BCUT2D eigenvalue weighted by Crippen LogP contribution is -2.23. The van der Waals surface area contributed by atoms with Gasteiger partial charge in [-0.05, 0) is 74.4 Å². The average molecular weight is 466 g/mol. The molecule has 5 aromatic rings. The third-order valence-electron chi connectivity index (χ3n) is 6.19. The molecule has 0 aliphatic heterocycles. The van der Waals surface area contributed by atoms with Crippen molar-refractivity contribution >= 4 is 16.9 Å². The van der Waals surface area contributed by atoms with Crippen molar-refractivity contribution in [3.05, 3.63) is 101 Å². The molecule has 0 bridgehead atoms. The van der Waals surface area contributed by atoms with Gasteiger partial charge in [0.25, 0.3) is 5.91 Å². The van der Waals surface area contributed by atoms with Gasteiger partial charge in [0.05, 0.1) is 18.5 Å². The molecule has 0 atom stereocenters. The number of fused-ring (bicyclic) bond motifs is 1. The summed E-state index contributed by atoms with van der Waals surface area (Å²) in [6, 6.07) is 21.7. The number of hydrogen-bond acceptors (Lipinski definition) is 4. The smallest absolute Gasteiger partial charge is 0.287 e. The van der Waals surface area contributed by atoms with Gasteiger partial charge in [0.2, 0.25) is 0 Å². The van der Waals surface area contributed by atoms with Gasteiger partial charge >= 0.3 is 0 Å². The standard InChI is InChI=1S/C29H27N3O3/c1-18-14-19(2)26-20(3)28(35-25(26)15-18)29(33)30-16-22-17-32(23-8-6-5-7-9-23)31-27(22)21-10-12-24(34-4)13-11-21/h5-15,17H,16H2,1-4H3,(H,30,33). The summed E-state index contributed by atoms with van der Waals surface area (Å²) in [5.74, 6) is 0.871. The third kappa shape index (κ3) is 4.30. The first-order valence-electron chi connectivity index (χ1n) is 11.5. The number of furan rings is 1. The molecule has 5 rings (SSSR count). The molecular weight excluding hydrogens is 438 g/mol. The van der Waals surface area contributed by atoms with Crippen molar-refractivity contribution in [3.63, 3.8) is 0 Å². The largest absolute Gasteiger partial charge is 0.497 e. The Hall–Kier alpha value is -4.32. The minimum Gasteiger partial charge on any atom is -0.497 e. The maximum Gasteiger partial charge on any atom is 0.287 e. The summed E-state index contributed by atoms with van der Waals surface area (Å²) in [4.78, 5) is 13.2. The van der Waals surface area contributed by atoms with Crippen LogP contribution in [0.2, 0.25) is 0 Å². The van der Waals surface area contributed by atoms with Crippen LogP contribution in [-0.2, 0) is 6.54 Å². The monoisotopic (exact) mass is 465 g/mol. The predicted octanol–water partition coefficient (Wildman–Crippen LogP) is 6.15. The Bertz CT molecular complexity index is 1510. The number of aryl methyl sites for hydroxylation is 3. The molecule has 6 heteroatoms. The maximum atomic E-state index is 13.2. The number of methoxy groups -OCH3 is 1. The number of rotatable bonds is 6. The quantitative estimate of drug-likeness (QED) is 0.327. The van der Waals surface area contributed by atoms with Gasteiger partial charge in [-0.3, -0.25) is 4.79 Å². The SMILES string of the molecule is COc1ccc(-c2nn(-c3ccccc3)cc2CNC(=O)c2oc3cc(C)cc(C)c3c2C)cc1. The van der Waals surface area contributed by atoms with Gasteiger partial charge in [-0.15, -0.1) is 0 Å². The van der Waals surface area contributed by atoms with E-state index in [1.807, 2.05) is 92.3 Å². The minimum atomic E-state index is -0.246. The first-order valence-corrected chi connectivity index (χ1v) is 11.5. The van der Waals surface area contributed by atoms with Gasteiger partial charge in [0.15, 0.2) is 5.76 Å². The first-order chi connectivity index (χ1) is 16.9. The van der Waals surface area contributed by atoms with E-state index in [0.29, 0.717) is 12.3 Å². The molecule has 2 aromatic heterocycles. The van der Waals surface area contributed by atoms with Crippen LogP contribution in [0.5, 0.6) is 5.75 Å². The summed E-state index contributed by atoms with van der Waals surface area (Å²) in [5.41, 5.74) is 7.37. The third-order valence-corrected chi connectivity index (χ3v) is 6.19. The van der Waals surface area contributed by atoms with E-state index >= 15 is 0 Å². The maximum absolute atomic E-state index is 13.2. The molecule has 0 fully saturated rings. The fraction of sp³-hybridized carbons (Fsp3) is 0.172. The van der Waals surface area contributed by atoms with Gasteiger partial charge < -0.3 is 14.5 Å². The highest BCUT2D eigenvalue weighted by atomic mass is 16.5. The molecule has 0 radical (unpaired) electrons. The minimum absolute atomic E-state index is 0.246. The molecule has 3 aromatic carbocycles. The number of nitrogens with zero attached hydrogens (tertiary/aromatic N) is 2. The van der Waals surface area contributed by atoms with Crippen molar-refractivity contribution in [2.24, 2.45) is 0 Å². The van der Waals surface area contributed by atoms with Crippen LogP contribution in [0.15, 0.2) is 77.3 Å². The van der Waals surface area contributed by atoms with Crippen LogP contribution < -0.4 is 10.1 Å². The Morgan fingerprint density at radius 2 is 1.77 bits per heavy atom. The topological polar surface area (TPSA) is 69.3 Å². The summed E-state index contributed by atoms with van der Waals surface area (Å²) in [6.07, 6.45) is 1.95. The molecule has 0 spiro atoms. The van der Waals surface area contributed by atoms with Crippen LogP contribution in [0.4, 0.5) is 0 Å². The number of para-hydroxylation sites is 1. The molecule has 1 N–H and O–H groups in total. The number of carbonyl (C=O) groups is 1. The van der Waals surface area contributed by atoms with Crippen molar-refractivity contribution in [3.8, 4) is 22.7 Å². The highest BCUT2D eigenvalue weighted by Crippen LogP contribution is 2.30. The van der Waals surface area contributed by atoms with Crippen molar-refractivity contribution in [1.82, 2.24) is 15.1 Å². The second-order valence-electron chi connectivity index (χ2n) is 8.71. The molecule has 0 aliphatic carbocycles. The zero-order valence-electron chi connectivity index (χ0n) is 20.3. The summed E-state index contributed by atoms with van der Waals surface area (Å²) >= 11 is 0. The van der Waals surface area contributed by atoms with Crippen LogP contribution in [-0.4, -0.2) is 22.8 Å². The lowest BCUT2D eigenvalue weighted by molar-refractivity contribution is 0.0924. The molecule has 2 heterocycles. The molecule has 0 unspecified atom stereocenters. The van der Waals surface area contributed by atoms with Gasteiger partial charge in [-0.1, -0.05) is 24.3 Å². The zero-order valence-corrected chi connectivity index (χ0v) is 20.3. The Labute approximate surface area is 204 Å². The van der Waals surface area contributed by atoms with Crippen molar-refractivity contribution in [1.29, 1.82) is 0 Å². The second-order valence-corrected chi connectivity index (χ2v) is 8.71. The predicted molar refractivity (Wildman–Crippen MR) is 137 cm³/mol. The molecule has 6 nitrogen and oxygen atoms in total. The van der Waals surface area contributed by atoms with Crippen LogP contribution in [0, 0.1) is 20.8 Å². The van der Waals surface area contributed by atoms with E-state index in [2.05, 4.69) is 11.4 Å². The van der Waals surface area contributed by atoms with E-state index in [0.717, 1.165) is 55.9 Å². The molecule has 176 valence electrons. The van der Waals surface area contributed by atoms with E-state index in [4.69, 9.17) is 14.3 Å². The van der Waals surface area contributed by atoms with Crippen molar-refractivity contribution in [2.75, 3.05) is 7.11 Å². The van der Waals surface area contributed by atoms with E-state index in [1.165, 1.54) is 0 Å². The molecule has 0 aliphatic rings. The van der Waals surface area contributed by atoms with E-state index < -0.39 is 0 Å². The fourth-order valence-electron chi connectivity index (χ4n) is 4.51. The number of carbonyl (C=O) groups excluding carboxylic acids is 1. The molecule has 0 saturated heterocycles. The molecular formula is C29H27N3O3. The number of nitrogens with one attached hydrogen (secondary N) is 1. The number of amides is 1. The van der Waals surface area contributed by atoms with E-state index in [9.17, 15) is 4.79 Å². The molecule has 1 amide bonds. The van der Waals surface area contributed by atoms with Gasteiger partial charge in [-0.25, -0.2) is 4.68 Å².